The maximum absolute atomic E-state index is 5.10. The molecule has 1 aliphatic carbocycles. The van der Waals surface area contributed by atoms with E-state index < -0.39 is 0 Å². The third kappa shape index (κ3) is 1.84. The number of oxazole rings is 1. The van der Waals surface area contributed by atoms with Crippen LogP contribution < -0.4 is 10.8 Å². The molecule has 0 aliphatic heterocycles. The maximum Gasteiger partial charge on any atom is 0.181 e. The standard InChI is InChI=1S/C8H7NO.C2H6/c1-2-4-7-8(5-3-1)10-6-9-7;1-2/h1-2,4-6H,3H2;1-2H3. The summed E-state index contributed by atoms with van der Waals surface area (Å²) in [7, 11) is 0. The molecule has 1 aromatic rings. The van der Waals surface area contributed by atoms with E-state index in [-0.39, 0.29) is 0 Å². The first kappa shape index (κ1) is 8.78. The van der Waals surface area contributed by atoms with Crippen molar-refractivity contribution in [2.24, 2.45) is 0 Å². The highest BCUT2D eigenvalue weighted by atomic mass is 16.3. The zero-order chi connectivity index (χ0) is 8.81. The molecule has 0 saturated heterocycles. The van der Waals surface area contributed by atoms with E-state index in [2.05, 4.69) is 11.1 Å². The molecule has 1 aromatic heterocycles. The minimum absolute atomic E-state index is 0.880. The summed E-state index contributed by atoms with van der Waals surface area (Å²) in [4.78, 5) is 4.01. The first-order valence-corrected chi connectivity index (χ1v) is 4.23. The van der Waals surface area contributed by atoms with E-state index in [1.54, 1.807) is 0 Å². The van der Waals surface area contributed by atoms with Gasteiger partial charge >= 0.3 is 0 Å². The maximum atomic E-state index is 5.10. The van der Waals surface area contributed by atoms with Crippen LogP contribution in [0.5, 0.6) is 0 Å². The topological polar surface area (TPSA) is 26.0 Å². The van der Waals surface area contributed by atoms with E-state index >= 15 is 0 Å². The fourth-order valence-electron chi connectivity index (χ4n) is 0.955. The first-order valence-electron chi connectivity index (χ1n) is 4.23. The number of aromatic nitrogens is 1. The van der Waals surface area contributed by atoms with Gasteiger partial charge in [-0.05, 0) is 18.6 Å². The summed E-state index contributed by atoms with van der Waals surface area (Å²) in [5, 5.41) is 0.925. The van der Waals surface area contributed by atoms with Gasteiger partial charge in [0.15, 0.2) is 11.8 Å². The van der Waals surface area contributed by atoms with Gasteiger partial charge in [0, 0.05) is 0 Å². The van der Waals surface area contributed by atoms with Gasteiger partial charge in [-0.2, -0.15) is 0 Å². The average molecular weight is 163 g/mol. The second-order valence-electron chi connectivity index (χ2n) is 2.14. The lowest BCUT2D eigenvalue weighted by Gasteiger charge is -1.72. The van der Waals surface area contributed by atoms with E-state index in [1.807, 2.05) is 32.1 Å². The summed E-state index contributed by atoms with van der Waals surface area (Å²) >= 11 is 0. The lowest BCUT2D eigenvalue weighted by molar-refractivity contribution is 0.524. The molecule has 0 aromatic carbocycles. The van der Waals surface area contributed by atoms with Gasteiger partial charge in [0.1, 0.15) is 5.35 Å². The summed E-state index contributed by atoms with van der Waals surface area (Å²) in [6, 6.07) is 0. The van der Waals surface area contributed by atoms with Gasteiger partial charge in [-0.15, -0.1) is 0 Å². The van der Waals surface area contributed by atoms with Crippen molar-refractivity contribution in [3.8, 4) is 0 Å². The van der Waals surface area contributed by atoms with E-state index in [4.69, 9.17) is 4.42 Å². The predicted molar refractivity (Wildman–Crippen MR) is 49.8 cm³/mol. The summed E-state index contributed by atoms with van der Waals surface area (Å²) in [6.07, 6.45) is 10.4. The Morgan fingerprint density at radius 2 is 2.25 bits per heavy atom. The molecule has 0 amide bonds. The van der Waals surface area contributed by atoms with Crippen LogP contribution in [0.1, 0.15) is 20.3 Å². The Bertz CT molecular complexity index is 359. The third-order valence-electron chi connectivity index (χ3n) is 1.45. The van der Waals surface area contributed by atoms with Crippen LogP contribution in [-0.2, 0) is 0 Å². The fraction of sp³-hybridized carbons (Fsp3) is 0.300. The average Bonchev–Trinajstić information content (AvgIpc) is 2.46. The van der Waals surface area contributed by atoms with Crippen molar-refractivity contribution in [3.05, 3.63) is 29.3 Å². The lowest BCUT2D eigenvalue weighted by atomic mass is 10.4. The number of rotatable bonds is 0. The number of fused-ring (bicyclic) bond motifs is 1. The second kappa shape index (κ2) is 4.54. The number of hydrogen-bond acceptors (Lipinski definition) is 2. The van der Waals surface area contributed by atoms with Crippen LogP contribution in [0.2, 0.25) is 0 Å². The summed E-state index contributed by atoms with van der Waals surface area (Å²) < 4.78 is 5.10. The van der Waals surface area contributed by atoms with Crippen molar-refractivity contribution < 1.29 is 4.42 Å². The molecule has 2 nitrogen and oxygen atoms in total. The van der Waals surface area contributed by atoms with Crippen LogP contribution in [-0.4, -0.2) is 4.98 Å². The van der Waals surface area contributed by atoms with Gasteiger partial charge in [0.2, 0.25) is 0 Å². The van der Waals surface area contributed by atoms with Crippen molar-refractivity contribution in [2.75, 3.05) is 0 Å². The molecule has 0 atom stereocenters. The van der Waals surface area contributed by atoms with Crippen LogP contribution in [0.15, 0.2) is 23.0 Å². The van der Waals surface area contributed by atoms with Gasteiger partial charge < -0.3 is 4.42 Å². The van der Waals surface area contributed by atoms with Crippen molar-refractivity contribution in [3.63, 3.8) is 0 Å². The number of allylic oxidation sites excluding steroid dienone is 2. The van der Waals surface area contributed by atoms with E-state index in [0.29, 0.717) is 0 Å². The molecule has 0 saturated carbocycles. The molecule has 64 valence electrons. The third-order valence-corrected chi connectivity index (χ3v) is 1.45. The molecule has 0 unspecified atom stereocenters. The zero-order valence-electron chi connectivity index (χ0n) is 7.45. The normalized spacial score (nSPS) is 12.8. The van der Waals surface area contributed by atoms with E-state index in [1.165, 1.54) is 6.39 Å². The van der Waals surface area contributed by atoms with Crippen LogP contribution in [0.4, 0.5) is 0 Å². The molecular weight excluding hydrogens is 150 g/mol. The molecule has 2 heteroatoms. The minimum atomic E-state index is 0.880. The Hall–Kier alpha value is -1.31. The van der Waals surface area contributed by atoms with Crippen molar-refractivity contribution >= 4 is 12.2 Å². The Morgan fingerprint density at radius 3 is 3.08 bits per heavy atom. The first-order chi connectivity index (χ1) is 5.97. The number of nitrogens with zero attached hydrogens (tertiary/aromatic N) is 1. The SMILES string of the molecule is C1=CCC=c2ocnc2=C1.CC. The zero-order valence-corrected chi connectivity index (χ0v) is 7.45. The van der Waals surface area contributed by atoms with Crippen molar-refractivity contribution in [1.82, 2.24) is 4.98 Å². The molecule has 0 radical (unpaired) electrons. The molecule has 12 heavy (non-hydrogen) atoms. The summed E-state index contributed by atoms with van der Waals surface area (Å²) in [5.74, 6) is 0. The molecule has 0 bridgehead atoms. The second-order valence-corrected chi connectivity index (χ2v) is 2.14. The Labute approximate surface area is 71.9 Å². The Balaban J connectivity index is 0.000000336. The van der Waals surface area contributed by atoms with E-state index in [0.717, 1.165) is 17.2 Å². The van der Waals surface area contributed by atoms with Crippen molar-refractivity contribution in [2.45, 2.75) is 20.3 Å². The highest BCUT2D eigenvalue weighted by molar-refractivity contribution is 5.39. The molecule has 2 rings (SSSR count). The predicted octanol–water partition coefficient (Wildman–Crippen LogP) is 1.22. The summed E-state index contributed by atoms with van der Waals surface area (Å²) in [6.45, 7) is 4.00. The van der Waals surface area contributed by atoms with Gasteiger partial charge in [-0.1, -0.05) is 26.0 Å². The smallest absolute Gasteiger partial charge is 0.181 e. The lowest BCUT2D eigenvalue weighted by Crippen LogP contribution is -2.20. The Morgan fingerprint density at radius 1 is 1.42 bits per heavy atom. The van der Waals surface area contributed by atoms with Crippen LogP contribution in [0, 0.1) is 0 Å². The van der Waals surface area contributed by atoms with Crippen LogP contribution in [0.3, 0.4) is 0 Å². The molecule has 1 heterocycles. The molecule has 1 aliphatic rings. The highest BCUT2D eigenvalue weighted by Gasteiger charge is 1.89. The quantitative estimate of drug-likeness (QED) is 0.574. The van der Waals surface area contributed by atoms with Crippen molar-refractivity contribution in [1.29, 1.82) is 0 Å². The molecule has 0 N–H and O–H groups in total. The van der Waals surface area contributed by atoms with Gasteiger partial charge in [-0.3, -0.25) is 0 Å². The highest BCUT2D eigenvalue weighted by Crippen LogP contribution is 1.86. The van der Waals surface area contributed by atoms with E-state index in [9.17, 15) is 0 Å². The van der Waals surface area contributed by atoms with Crippen LogP contribution >= 0.6 is 0 Å². The fourth-order valence-corrected chi connectivity index (χ4v) is 0.955. The summed E-state index contributed by atoms with van der Waals surface area (Å²) in [5.41, 5.74) is 0.880. The monoisotopic (exact) mass is 163 g/mol. The van der Waals surface area contributed by atoms with Gasteiger partial charge in [0.25, 0.3) is 0 Å². The minimum Gasteiger partial charge on any atom is -0.444 e. The van der Waals surface area contributed by atoms with Gasteiger partial charge in [0.05, 0.1) is 0 Å². The van der Waals surface area contributed by atoms with Gasteiger partial charge in [-0.25, -0.2) is 4.98 Å². The van der Waals surface area contributed by atoms with Crippen LogP contribution in [0.25, 0.3) is 12.2 Å². The number of hydrogen-bond donors (Lipinski definition) is 0. The molecule has 0 spiro atoms. The largest absolute Gasteiger partial charge is 0.444 e. The molecular formula is C10H13NO. The Kier molecular flexibility index (Phi) is 3.33. The molecule has 0 fully saturated rings.